The third kappa shape index (κ3) is 5.38. The Morgan fingerprint density at radius 3 is 2.67 bits per heavy atom. The van der Waals surface area contributed by atoms with Crippen molar-refractivity contribution in [2.45, 2.75) is 57.8 Å². The molecule has 0 saturated carbocycles. The van der Waals surface area contributed by atoms with E-state index in [2.05, 4.69) is 12.1 Å². The van der Waals surface area contributed by atoms with Crippen molar-refractivity contribution in [1.82, 2.24) is 14.9 Å². The van der Waals surface area contributed by atoms with Gasteiger partial charge in [0.2, 0.25) is 17.7 Å². The van der Waals surface area contributed by atoms with Gasteiger partial charge in [0.1, 0.15) is 11.6 Å². The van der Waals surface area contributed by atoms with Crippen molar-refractivity contribution in [1.29, 1.82) is 0 Å². The molecule has 2 N–H and O–H groups in total. The molecule has 1 saturated heterocycles. The van der Waals surface area contributed by atoms with Crippen LogP contribution in [0.3, 0.4) is 0 Å². The number of carbonyl (C=O) groups excluding carboxylic acids is 3. The van der Waals surface area contributed by atoms with Gasteiger partial charge in [-0.15, -0.1) is 0 Å². The summed E-state index contributed by atoms with van der Waals surface area (Å²) in [6.07, 6.45) is 3.82. The largest absolute Gasteiger partial charge is 0.370 e. The first-order valence-electron chi connectivity index (χ1n) is 11.7. The molecule has 0 radical (unpaired) electrons. The van der Waals surface area contributed by atoms with Crippen LogP contribution in [0.2, 0.25) is 0 Å². The maximum Gasteiger partial charge on any atom is 0.228 e. The predicted octanol–water partition coefficient (Wildman–Crippen LogP) is 2.28. The molecule has 2 aliphatic rings. The van der Waals surface area contributed by atoms with Gasteiger partial charge < -0.3 is 10.6 Å². The maximum absolute atomic E-state index is 12.8. The molecular weight excluding hydrogens is 418 g/mol. The Morgan fingerprint density at radius 1 is 1.12 bits per heavy atom. The average molecular weight is 450 g/mol. The van der Waals surface area contributed by atoms with Crippen molar-refractivity contribution in [2.24, 2.45) is 5.73 Å². The number of anilines is 1. The van der Waals surface area contributed by atoms with Crippen molar-refractivity contribution in [3.05, 3.63) is 53.0 Å². The van der Waals surface area contributed by atoms with E-state index >= 15 is 0 Å². The molecule has 0 spiro atoms. The minimum atomic E-state index is -0.467. The van der Waals surface area contributed by atoms with Gasteiger partial charge in [-0.3, -0.25) is 19.3 Å². The summed E-state index contributed by atoms with van der Waals surface area (Å²) in [4.78, 5) is 49.7. The van der Waals surface area contributed by atoms with Crippen molar-refractivity contribution >= 4 is 23.5 Å². The lowest BCUT2D eigenvalue weighted by Crippen LogP contribution is -2.41. The SMILES string of the molecule is Cc1nc([C@@H]2CCCN(C(=O)CCC(N)=O)C2)nc2c1CCC(=O)N2CCc1ccccc1. The second kappa shape index (κ2) is 10.1. The number of rotatable bonds is 7. The summed E-state index contributed by atoms with van der Waals surface area (Å²) in [5.41, 5.74) is 8.32. The number of aryl methyl sites for hydroxylation is 1. The van der Waals surface area contributed by atoms with Crippen LogP contribution in [-0.4, -0.2) is 52.2 Å². The lowest BCUT2D eigenvalue weighted by atomic mass is 9.95. The molecule has 3 heterocycles. The highest BCUT2D eigenvalue weighted by atomic mass is 16.2. The summed E-state index contributed by atoms with van der Waals surface area (Å²) in [6, 6.07) is 10.1. The molecule has 0 aliphatic carbocycles. The van der Waals surface area contributed by atoms with E-state index in [9.17, 15) is 14.4 Å². The number of nitrogens with zero attached hydrogens (tertiary/aromatic N) is 4. The monoisotopic (exact) mass is 449 g/mol. The molecule has 8 heteroatoms. The van der Waals surface area contributed by atoms with Crippen LogP contribution in [-0.2, 0) is 27.2 Å². The molecule has 2 aliphatic heterocycles. The number of primary amides is 1. The van der Waals surface area contributed by atoms with Crippen LogP contribution < -0.4 is 10.6 Å². The zero-order valence-corrected chi connectivity index (χ0v) is 19.1. The number of piperidine rings is 1. The normalized spacial score (nSPS) is 18.2. The second-order valence-electron chi connectivity index (χ2n) is 8.90. The standard InChI is InChI=1S/C25H31N5O3/c1-17-20-9-11-23(33)30(15-13-18-6-3-2-4-7-18)25(20)28-24(27-17)19-8-5-14-29(16-19)22(32)12-10-21(26)31/h2-4,6-7,19H,5,8-16H2,1H3,(H2,26,31)/t19-/m1/s1. The van der Waals surface area contributed by atoms with Crippen LogP contribution in [0.15, 0.2) is 30.3 Å². The fraction of sp³-hybridized carbons (Fsp3) is 0.480. The van der Waals surface area contributed by atoms with Gasteiger partial charge in [-0.1, -0.05) is 30.3 Å². The van der Waals surface area contributed by atoms with E-state index in [0.29, 0.717) is 38.3 Å². The Morgan fingerprint density at radius 2 is 1.91 bits per heavy atom. The number of hydrogen-bond acceptors (Lipinski definition) is 5. The van der Waals surface area contributed by atoms with Gasteiger partial charge in [0.05, 0.1) is 0 Å². The first kappa shape index (κ1) is 22.9. The fourth-order valence-corrected chi connectivity index (χ4v) is 4.70. The summed E-state index contributed by atoms with van der Waals surface area (Å²) in [7, 11) is 0. The number of hydrogen-bond donors (Lipinski definition) is 1. The van der Waals surface area contributed by atoms with Gasteiger partial charge in [0.15, 0.2) is 0 Å². The first-order valence-corrected chi connectivity index (χ1v) is 11.7. The molecule has 4 rings (SSSR count). The summed E-state index contributed by atoms with van der Waals surface area (Å²) in [5.74, 6) is 0.987. The van der Waals surface area contributed by atoms with E-state index in [1.54, 1.807) is 4.90 Å². The molecule has 1 fully saturated rings. The Kier molecular flexibility index (Phi) is 7.01. The molecular formula is C25H31N5O3. The van der Waals surface area contributed by atoms with Crippen LogP contribution >= 0.6 is 0 Å². The van der Waals surface area contributed by atoms with Crippen molar-refractivity contribution in [2.75, 3.05) is 24.5 Å². The minimum Gasteiger partial charge on any atom is -0.370 e. The van der Waals surface area contributed by atoms with Crippen LogP contribution in [0.25, 0.3) is 0 Å². The van der Waals surface area contributed by atoms with E-state index in [-0.39, 0.29) is 30.6 Å². The van der Waals surface area contributed by atoms with Crippen LogP contribution in [0.4, 0.5) is 5.82 Å². The van der Waals surface area contributed by atoms with Crippen LogP contribution in [0, 0.1) is 6.92 Å². The molecule has 8 nitrogen and oxygen atoms in total. The van der Waals surface area contributed by atoms with E-state index in [1.807, 2.05) is 30.0 Å². The van der Waals surface area contributed by atoms with Crippen LogP contribution in [0.1, 0.15) is 60.7 Å². The fourth-order valence-electron chi connectivity index (χ4n) is 4.70. The Balaban J connectivity index is 1.54. The van der Waals surface area contributed by atoms with Crippen molar-refractivity contribution in [3.63, 3.8) is 0 Å². The van der Waals surface area contributed by atoms with Gasteiger partial charge in [0.25, 0.3) is 0 Å². The molecule has 33 heavy (non-hydrogen) atoms. The molecule has 0 bridgehead atoms. The Hall–Kier alpha value is -3.29. The molecule has 0 unspecified atom stereocenters. The first-order chi connectivity index (χ1) is 15.9. The number of aromatic nitrogens is 2. The van der Waals surface area contributed by atoms with E-state index in [4.69, 9.17) is 15.7 Å². The zero-order valence-electron chi connectivity index (χ0n) is 19.1. The van der Waals surface area contributed by atoms with E-state index < -0.39 is 5.91 Å². The molecule has 1 atom stereocenters. The lowest BCUT2D eigenvalue weighted by Gasteiger charge is -2.34. The predicted molar refractivity (Wildman–Crippen MR) is 125 cm³/mol. The summed E-state index contributed by atoms with van der Waals surface area (Å²) < 4.78 is 0. The molecule has 2 aromatic rings. The lowest BCUT2D eigenvalue weighted by molar-refractivity contribution is -0.134. The number of likely N-dealkylation sites (tertiary alicyclic amines) is 1. The number of carbonyl (C=O) groups is 3. The second-order valence-corrected chi connectivity index (χ2v) is 8.90. The van der Waals surface area contributed by atoms with Gasteiger partial charge in [-0.2, -0.15) is 0 Å². The molecule has 3 amide bonds. The topological polar surface area (TPSA) is 109 Å². The highest BCUT2D eigenvalue weighted by molar-refractivity contribution is 5.95. The molecule has 174 valence electrons. The van der Waals surface area contributed by atoms with E-state index in [1.165, 1.54) is 5.56 Å². The maximum atomic E-state index is 12.8. The third-order valence-corrected chi connectivity index (χ3v) is 6.55. The summed E-state index contributed by atoms with van der Waals surface area (Å²) in [5, 5.41) is 0. The quantitative estimate of drug-likeness (QED) is 0.697. The smallest absolute Gasteiger partial charge is 0.228 e. The van der Waals surface area contributed by atoms with Crippen molar-refractivity contribution < 1.29 is 14.4 Å². The Labute approximate surface area is 194 Å². The third-order valence-electron chi connectivity index (χ3n) is 6.55. The highest BCUT2D eigenvalue weighted by Gasteiger charge is 2.31. The number of fused-ring (bicyclic) bond motifs is 1. The number of amides is 3. The molecule has 1 aromatic carbocycles. The zero-order chi connectivity index (χ0) is 23.4. The van der Waals surface area contributed by atoms with Gasteiger partial charge in [-0.05, 0) is 38.2 Å². The summed E-state index contributed by atoms with van der Waals surface area (Å²) in [6.45, 7) is 3.75. The van der Waals surface area contributed by atoms with Gasteiger partial charge >= 0.3 is 0 Å². The average Bonchev–Trinajstić information content (AvgIpc) is 2.82. The van der Waals surface area contributed by atoms with Crippen molar-refractivity contribution in [3.8, 4) is 0 Å². The Bertz CT molecular complexity index is 1040. The highest BCUT2D eigenvalue weighted by Crippen LogP contribution is 2.32. The number of nitrogens with two attached hydrogens (primary N) is 1. The van der Waals surface area contributed by atoms with Crippen LogP contribution in [0.5, 0.6) is 0 Å². The minimum absolute atomic E-state index is 0.00767. The van der Waals surface area contributed by atoms with Gasteiger partial charge in [0, 0.05) is 56.1 Å². The summed E-state index contributed by atoms with van der Waals surface area (Å²) >= 11 is 0. The molecule has 1 aromatic heterocycles. The van der Waals surface area contributed by atoms with Gasteiger partial charge in [-0.25, -0.2) is 9.97 Å². The number of benzene rings is 1. The van der Waals surface area contributed by atoms with E-state index in [0.717, 1.165) is 36.3 Å².